The van der Waals surface area contributed by atoms with Gasteiger partial charge in [0.15, 0.2) is 0 Å². The van der Waals surface area contributed by atoms with Gasteiger partial charge in [-0.25, -0.2) is 4.79 Å². The number of anilines is 1. The number of nitrogens with one attached hydrogen (secondary N) is 2. The fourth-order valence-electron chi connectivity index (χ4n) is 3.55. The summed E-state index contributed by atoms with van der Waals surface area (Å²) in [5.41, 5.74) is 2.78. The molecule has 8 heteroatoms. The topological polar surface area (TPSA) is 97.6 Å². The molecule has 1 fully saturated rings. The monoisotopic (exact) mass is 369 g/mol. The number of urea groups is 1. The van der Waals surface area contributed by atoms with Crippen LogP contribution in [0.1, 0.15) is 12.0 Å². The molecule has 1 aliphatic heterocycles. The number of benzene rings is 1. The maximum absolute atomic E-state index is 12.7. The Hall–Kier alpha value is -2.84. The summed E-state index contributed by atoms with van der Waals surface area (Å²) in [7, 11) is 0. The van der Waals surface area contributed by atoms with Gasteiger partial charge in [0.1, 0.15) is 0 Å². The number of amides is 2. The molecule has 2 aromatic heterocycles. The SMILES string of the molecule is O=C(Nc1ccc2[nH]ncc2c1)N1CCN(Cc2ccoc2)[C@@H](CCO)C1. The van der Waals surface area contributed by atoms with E-state index in [4.69, 9.17) is 4.42 Å². The molecule has 0 saturated carbocycles. The zero-order chi connectivity index (χ0) is 18.6. The lowest BCUT2D eigenvalue weighted by molar-refractivity contribution is 0.0717. The van der Waals surface area contributed by atoms with Crippen LogP contribution in [-0.4, -0.2) is 63.4 Å². The van der Waals surface area contributed by atoms with Gasteiger partial charge in [-0.05, 0) is 30.7 Å². The summed E-state index contributed by atoms with van der Waals surface area (Å²) in [6, 6.07) is 7.59. The average Bonchev–Trinajstić information content (AvgIpc) is 3.34. The average molecular weight is 369 g/mol. The van der Waals surface area contributed by atoms with Crippen molar-refractivity contribution in [1.82, 2.24) is 20.0 Å². The van der Waals surface area contributed by atoms with Crippen molar-refractivity contribution in [2.45, 2.75) is 19.0 Å². The van der Waals surface area contributed by atoms with Crippen LogP contribution < -0.4 is 5.32 Å². The molecule has 1 aromatic carbocycles. The third kappa shape index (κ3) is 3.96. The fourth-order valence-corrected chi connectivity index (χ4v) is 3.55. The van der Waals surface area contributed by atoms with Crippen LogP contribution in [0.3, 0.4) is 0 Å². The number of furan rings is 1. The number of hydrogen-bond acceptors (Lipinski definition) is 5. The summed E-state index contributed by atoms with van der Waals surface area (Å²) < 4.78 is 5.14. The summed E-state index contributed by atoms with van der Waals surface area (Å²) in [5.74, 6) is 0. The Balaban J connectivity index is 1.40. The highest BCUT2D eigenvalue weighted by atomic mass is 16.3. The largest absolute Gasteiger partial charge is 0.472 e. The molecule has 2 amide bonds. The molecule has 8 nitrogen and oxygen atoms in total. The van der Waals surface area contributed by atoms with Gasteiger partial charge in [0.2, 0.25) is 0 Å². The van der Waals surface area contributed by atoms with Crippen LogP contribution in [0.5, 0.6) is 0 Å². The molecule has 1 atom stereocenters. The van der Waals surface area contributed by atoms with E-state index < -0.39 is 0 Å². The molecule has 3 heterocycles. The van der Waals surface area contributed by atoms with Crippen LogP contribution in [0.15, 0.2) is 47.4 Å². The van der Waals surface area contributed by atoms with Gasteiger partial charge >= 0.3 is 6.03 Å². The second-order valence-corrected chi connectivity index (χ2v) is 6.82. The second-order valence-electron chi connectivity index (χ2n) is 6.82. The van der Waals surface area contributed by atoms with Gasteiger partial charge in [-0.2, -0.15) is 5.10 Å². The Kier molecular flexibility index (Phi) is 5.08. The van der Waals surface area contributed by atoms with Crippen LogP contribution in [0.25, 0.3) is 10.9 Å². The van der Waals surface area contributed by atoms with Crippen LogP contribution >= 0.6 is 0 Å². The lowest BCUT2D eigenvalue weighted by Crippen LogP contribution is -2.55. The van der Waals surface area contributed by atoms with Crippen molar-refractivity contribution in [3.8, 4) is 0 Å². The van der Waals surface area contributed by atoms with Gasteiger partial charge in [0, 0.05) is 55.5 Å². The second kappa shape index (κ2) is 7.81. The molecule has 0 radical (unpaired) electrons. The number of nitrogens with zero attached hydrogens (tertiary/aromatic N) is 3. The first kappa shape index (κ1) is 17.6. The van der Waals surface area contributed by atoms with E-state index in [2.05, 4.69) is 20.4 Å². The Morgan fingerprint density at radius 3 is 3.11 bits per heavy atom. The van der Waals surface area contributed by atoms with Crippen molar-refractivity contribution in [3.63, 3.8) is 0 Å². The van der Waals surface area contributed by atoms with Gasteiger partial charge in [-0.3, -0.25) is 10.00 Å². The van der Waals surface area contributed by atoms with E-state index in [-0.39, 0.29) is 18.7 Å². The Morgan fingerprint density at radius 1 is 1.37 bits per heavy atom. The highest BCUT2D eigenvalue weighted by Gasteiger charge is 2.29. The van der Waals surface area contributed by atoms with Crippen molar-refractivity contribution in [2.24, 2.45) is 0 Å². The normalized spacial score (nSPS) is 18.1. The fraction of sp³-hybridized carbons (Fsp3) is 0.368. The van der Waals surface area contributed by atoms with E-state index >= 15 is 0 Å². The van der Waals surface area contributed by atoms with E-state index in [9.17, 15) is 9.90 Å². The number of carbonyl (C=O) groups excluding carboxylic acids is 1. The number of aromatic amines is 1. The number of H-pyrrole nitrogens is 1. The molecule has 142 valence electrons. The van der Waals surface area contributed by atoms with Crippen LogP contribution in [0.2, 0.25) is 0 Å². The van der Waals surface area contributed by atoms with Crippen LogP contribution in [-0.2, 0) is 6.54 Å². The number of aliphatic hydroxyl groups excluding tert-OH is 1. The number of hydrogen-bond donors (Lipinski definition) is 3. The van der Waals surface area contributed by atoms with E-state index in [1.165, 1.54) is 0 Å². The summed E-state index contributed by atoms with van der Waals surface area (Å²) in [6.45, 7) is 2.83. The maximum Gasteiger partial charge on any atom is 0.321 e. The zero-order valence-electron chi connectivity index (χ0n) is 15.0. The minimum absolute atomic E-state index is 0.0964. The standard InChI is InChI=1S/C19H23N5O3/c25-7-3-17-12-24(6-5-23(17)11-14-4-8-27-13-14)19(26)21-16-1-2-18-15(9-16)10-20-22-18/h1-2,4,8-10,13,17,25H,3,5-7,11-12H2,(H,20,22)(H,21,26)/t17-/m0/s1. The van der Waals surface area contributed by atoms with Gasteiger partial charge in [0.25, 0.3) is 0 Å². The third-order valence-electron chi connectivity index (χ3n) is 5.01. The number of aliphatic hydroxyl groups is 1. The van der Waals surface area contributed by atoms with Crippen molar-refractivity contribution in [1.29, 1.82) is 0 Å². The lowest BCUT2D eigenvalue weighted by Gasteiger charge is -2.41. The summed E-state index contributed by atoms with van der Waals surface area (Å²) in [6.07, 6.45) is 5.76. The number of rotatable bonds is 5. The van der Waals surface area contributed by atoms with Gasteiger partial charge in [-0.15, -0.1) is 0 Å². The molecule has 1 saturated heterocycles. The van der Waals surface area contributed by atoms with Crippen molar-refractivity contribution >= 4 is 22.6 Å². The molecule has 0 aliphatic carbocycles. The van der Waals surface area contributed by atoms with Gasteiger partial charge < -0.3 is 19.7 Å². The molecule has 27 heavy (non-hydrogen) atoms. The highest BCUT2D eigenvalue weighted by molar-refractivity contribution is 5.92. The van der Waals surface area contributed by atoms with Crippen molar-refractivity contribution in [3.05, 3.63) is 48.6 Å². The minimum Gasteiger partial charge on any atom is -0.472 e. The molecule has 3 aromatic rings. The summed E-state index contributed by atoms with van der Waals surface area (Å²) in [4.78, 5) is 16.8. The Morgan fingerprint density at radius 2 is 2.30 bits per heavy atom. The quantitative estimate of drug-likeness (QED) is 0.641. The van der Waals surface area contributed by atoms with Crippen LogP contribution in [0, 0.1) is 0 Å². The molecule has 0 spiro atoms. The first-order valence-corrected chi connectivity index (χ1v) is 9.08. The van der Waals surface area contributed by atoms with Crippen molar-refractivity contribution < 1.29 is 14.3 Å². The molecular weight excluding hydrogens is 346 g/mol. The van der Waals surface area contributed by atoms with Crippen LogP contribution in [0.4, 0.5) is 10.5 Å². The van der Waals surface area contributed by atoms with E-state index in [0.717, 1.165) is 35.2 Å². The number of piperazine rings is 1. The van der Waals surface area contributed by atoms with Gasteiger partial charge in [0.05, 0.1) is 24.2 Å². The van der Waals surface area contributed by atoms with Crippen molar-refractivity contribution in [2.75, 3.05) is 31.6 Å². The van der Waals surface area contributed by atoms with E-state index in [0.29, 0.717) is 19.5 Å². The predicted molar refractivity (Wildman–Crippen MR) is 101 cm³/mol. The number of aromatic nitrogens is 2. The summed E-state index contributed by atoms with van der Waals surface area (Å²) >= 11 is 0. The molecule has 0 bridgehead atoms. The zero-order valence-corrected chi connectivity index (χ0v) is 15.0. The molecule has 0 unspecified atom stereocenters. The predicted octanol–water partition coefficient (Wildman–Crippen LogP) is 2.26. The number of carbonyl (C=O) groups is 1. The van der Waals surface area contributed by atoms with E-state index in [1.54, 1.807) is 18.7 Å². The first-order valence-electron chi connectivity index (χ1n) is 9.08. The minimum atomic E-state index is -0.122. The number of fused-ring (bicyclic) bond motifs is 1. The smallest absolute Gasteiger partial charge is 0.321 e. The Bertz CT molecular complexity index is 892. The first-order chi connectivity index (χ1) is 13.2. The molecule has 3 N–H and O–H groups in total. The summed E-state index contributed by atoms with van der Waals surface area (Å²) in [5, 5.41) is 20.2. The highest BCUT2D eigenvalue weighted by Crippen LogP contribution is 2.20. The molecule has 1 aliphatic rings. The lowest BCUT2D eigenvalue weighted by atomic mass is 10.1. The Labute approximate surface area is 156 Å². The van der Waals surface area contributed by atoms with E-state index in [1.807, 2.05) is 29.2 Å². The van der Waals surface area contributed by atoms with Gasteiger partial charge in [-0.1, -0.05) is 0 Å². The molecule has 4 rings (SSSR count). The maximum atomic E-state index is 12.7. The third-order valence-corrected chi connectivity index (χ3v) is 5.01. The molecular formula is C19H23N5O3.